The van der Waals surface area contributed by atoms with Crippen molar-refractivity contribution in [1.82, 2.24) is 0 Å². The third-order valence-electron chi connectivity index (χ3n) is 4.03. The summed E-state index contributed by atoms with van der Waals surface area (Å²) in [5.41, 5.74) is 30.4. The molecule has 4 atom stereocenters. The molecule has 0 spiro atoms. The van der Waals surface area contributed by atoms with E-state index >= 15 is 0 Å². The highest BCUT2D eigenvalue weighted by Crippen LogP contribution is 2.01. The maximum atomic E-state index is 10.2. The first-order valence-corrected chi connectivity index (χ1v) is 11.6. The summed E-state index contributed by atoms with van der Waals surface area (Å²) in [5.74, 6) is -6.24. The molecule has 0 aromatic heterocycles. The van der Waals surface area contributed by atoms with Gasteiger partial charge in [-0.05, 0) is 31.6 Å². The van der Waals surface area contributed by atoms with Crippen LogP contribution in [0.1, 0.15) is 52.4 Å². The van der Waals surface area contributed by atoms with Gasteiger partial charge in [0, 0.05) is 13.0 Å². The van der Waals surface area contributed by atoms with Crippen LogP contribution in [-0.2, 0) is 28.8 Å². The number of aliphatic carboxylic acids is 6. The molecule has 0 radical (unpaired) electrons. The van der Waals surface area contributed by atoms with Crippen LogP contribution in [-0.4, -0.2) is 103 Å². The van der Waals surface area contributed by atoms with Crippen LogP contribution in [0.3, 0.4) is 0 Å². The van der Waals surface area contributed by atoms with Crippen LogP contribution >= 0.6 is 0 Å². The monoisotopic (exact) mass is 585 g/mol. The van der Waals surface area contributed by atoms with Crippen LogP contribution in [0, 0.1) is 5.92 Å². The largest absolute Gasteiger partial charge is 0.481 e. The average molecular weight is 586 g/mol. The molecule has 0 aromatic carbocycles. The van der Waals surface area contributed by atoms with Gasteiger partial charge in [0.2, 0.25) is 0 Å². The Morgan fingerprint density at radius 2 is 1.02 bits per heavy atom. The fourth-order valence-corrected chi connectivity index (χ4v) is 1.93. The van der Waals surface area contributed by atoms with E-state index in [1.807, 2.05) is 13.8 Å². The molecule has 0 rings (SSSR count). The Balaban J connectivity index is -0.000000218. The van der Waals surface area contributed by atoms with Crippen LogP contribution in [0.15, 0.2) is 4.99 Å². The molecule has 0 aromatic rings. The molecule has 0 aliphatic heterocycles. The number of hydrogen-bond acceptors (Lipinski definition) is 11. The summed E-state index contributed by atoms with van der Waals surface area (Å²) in [6, 6.07) is -3.86. The molecule has 0 saturated carbocycles. The van der Waals surface area contributed by atoms with E-state index in [2.05, 4.69) is 4.99 Å². The normalized spacial score (nSPS) is 12.7. The summed E-state index contributed by atoms with van der Waals surface area (Å²) < 4.78 is 0. The molecule has 4 unspecified atom stereocenters. The van der Waals surface area contributed by atoms with Gasteiger partial charge >= 0.3 is 35.8 Å². The zero-order valence-electron chi connectivity index (χ0n) is 22.4. The molecule has 0 amide bonds. The Kier molecular flexibility index (Phi) is 27.1. The molecule has 0 aliphatic rings. The van der Waals surface area contributed by atoms with Gasteiger partial charge in [-0.2, -0.15) is 0 Å². The summed E-state index contributed by atoms with van der Waals surface area (Å²) in [5, 5.41) is 49.0. The van der Waals surface area contributed by atoms with E-state index in [9.17, 15) is 28.8 Å². The molecular formula is C21H43N7O12. The second kappa shape index (κ2) is 25.2. The van der Waals surface area contributed by atoms with E-state index < -0.39 is 66.4 Å². The fraction of sp³-hybridized carbons (Fsp3) is 0.667. The van der Waals surface area contributed by atoms with Crippen molar-refractivity contribution < 1.29 is 59.4 Å². The predicted molar refractivity (Wildman–Crippen MR) is 141 cm³/mol. The van der Waals surface area contributed by atoms with Gasteiger partial charge in [-0.1, -0.05) is 13.8 Å². The van der Waals surface area contributed by atoms with Crippen LogP contribution < -0.4 is 34.4 Å². The van der Waals surface area contributed by atoms with E-state index in [-0.39, 0.29) is 18.8 Å². The Labute approximate surface area is 230 Å². The Morgan fingerprint density at radius 1 is 0.625 bits per heavy atom. The van der Waals surface area contributed by atoms with Gasteiger partial charge in [-0.25, -0.2) is 0 Å². The van der Waals surface area contributed by atoms with E-state index in [0.29, 0.717) is 31.7 Å². The topological polar surface area (TPSA) is 392 Å². The summed E-state index contributed by atoms with van der Waals surface area (Å²) >= 11 is 0. The highest BCUT2D eigenvalue weighted by atomic mass is 16.4. The Morgan fingerprint density at radius 3 is 1.27 bits per heavy atom. The SMILES string of the molecule is CC(C)CC(N)C(=O)O.NC(CC(=O)O)C(=O)O.NC(CCC(=O)O)C(=O)O.NC(N)=NCCCC(N)C(=O)O. The van der Waals surface area contributed by atoms with Crippen molar-refractivity contribution in [2.45, 2.75) is 76.5 Å². The first kappa shape index (κ1) is 43.0. The number of carboxylic acids is 6. The molecular weight excluding hydrogens is 542 g/mol. The smallest absolute Gasteiger partial charge is 0.321 e. The molecule has 18 N–H and O–H groups in total. The highest BCUT2D eigenvalue weighted by molar-refractivity contribution is 5.80. The van der Waals surface area contributed by atoms with Crippen molar-refractivity contribution >= 4 is 41.8 Å². The standard InChI is InChI=1S/C6H14N4O2.C6H13NO2.C5H9NO4.C4H7NO4/c7-4(5(11)12)2-1-3-10-6(8)9;1-4(2)3-5(7)6(8)9;6-3(5(9)10)1-2-4(7)8;5-2(4(8)9)1-3(6)7/h4H,1-3,7H2,(H,11,12)(H4,8,9,10);4-5H,3,7H2,1-2H3,(H,8,9);3H,1-2,6H2,(H,7,8)(H,9,10);2H,1,5H2,(H,6,7)(H,8,9). The van der Waals surface area contributed by atoms with Crippen molar-refractivity contribution in [2.75, 3.05) is 6.54 Å². The summed E-state index contributed by atoms with van der Waals surface area (Å²) in [6.07, 6.45) is 0.750. The lowest BCUT2D eigenvalue weighted by atomic mass is 10.1. The van der Waals surface area contributed by atoms with E-state index in [1.54, 1.807) is 0 Å². The molecule has 0 saturated heterocycles. The first-order valence-electron chi connectivity index (χ1n) is 11.6. The Bertz CT molecular complexity index is 820. The third-order valence-corrected chi connectivity index (χ3v) is 4.03. The maximum Gasteiger partial charge on any atom is 0.321 e. The van der Waals surface area contributed by atoms with Crippen LogP contribution in [0.5, 0.6) is 0 Å². The van der Waals surface area contributed by atoms with Crippen molar-refractivity contribution in [2.24, 2.45) is 45.3 Å². The molecule has 0 fully saturated rings. The molecule has 0 bridgehead atoms. The van der Waals surface area contributed by atoms with Crippen molar-refractivity contribution in [3.8, 4) is 0 Å². The predicted octanol–water partition coefficient (Wildman–Crippen LogP) is -2.97. The molecule has 19 heteroatoms. The van der Waals surface area contributed by atoms with Crippen molar-refractivity contribution in [3.05, 3.63) is 0 Å². The number of nitrogens with two attached hydrogens (primary N) is 6. The lowest BCUT2D eigenvalue weighted by Crippen LogP contribution is -2.32. The van der Waals surface area contributed by atoms with Crippen LogP contribution in [0.2, 0.25) is 0 Å². The second-order valence-electron chi connectivity index (χ2n) is 8.39. The minimum atomic E-state index is -1.29. The zero-order chi connectivity index (χ0) is 32.6. The summed E-state index contributed by atoms with van der Waals surface area (Å²) in [7, 11) is 0. The Hall–Kier alpha value is -4.07. The molecule has 0 heterocycles. The van der Waals surface area contributed by atoms with Gasteiger partial charge in [-0.3, -0.25) is 33.8 Å². The van der Waals surface area contributed by atoms with Crippen molar-refractivity contribution in [1.29, 1.82) is 0 Å². The lowest BCUT2D eigenvalue weighted by Gasteiger charge is -2.07. The van der Waals surface area contributed by atoms with E-state index in [0.717, 1.165) is 0 Å². The second-order valence-corrected chi connectivity index (χ2v) is 8.39. The number of hydrogen-bond donors (Lipinski definition) is 12. The van der Waals surface area contributed by atoms with Gasteiger partial charge < -0.3 is 65.0 Å². The number of nitrogens with zero attached hydrogens (tertiary/aromatic N) is 1. The average Bonchev–Trinajstić information content (AvgIpc) is 2.80. The first-order chi connectivity index (χ1) is 18.1. The highest BCUT2D eigenvalue weighted by Gasteiger charge is 2.15. The van der Waals surface area contributed by atoms with Gasteiger partial charge in [0.25, 0.3) is 0 Å². The van der Waals surface area contributed by atoms with Gasteiger partial charge in [0.05, 0.1) is 6.42 Å². The van der Waals surface area contributed by atoms with Crippen molar-refractivity contribution in [3.63, 3.8) is 0 Å². The number of aliphatic imine (C=N–C) groups is 1. The minimum Gasteiger partial charge on any atom is -0.481 e. The van der Waals surface area contributed by atoms with Gasteiger partial charge in [0.1, 0.15) is 24.2 Å². The number of carbonyl (C=O) groups is 6. The number of guanidine groups is 1. The minimum absolute atomic E-state index is 0.0129. The third kappa shape index (κ3) is 36.1. The van der Waals surface area contributed by atoms with E-state index in [1.165, 1.54) is 0 Å². The maximum absolute atomic E-state index is 10.2. The van der Waals surface area contributed by atoms with Gasteiger partial charge in [-0.15, -0.1) is 0 Å². The fourth-order valence-electron chi connectivity index (χ4n) is 1.93. The van der Waals surface area contributed by atoms with E-state index in [4.69, 9.17) is 65.0 Å². The molecule has 40 heavy (non-hydrogen) atoms. The van der Waals surface area contributed by atoms with Crippen LogP contribution in [0.25, 0.3) is 0 Å². The van der Waals surface area contributed by atoms with Crippen LogP contribution in [0.4, 0.5) is 0 Å². The lowest BCUT2D eigenvalue weighted by molar-refractivity contribution is -0.144. The van der Waals surface area contributed by atoms with Gasteiger partial charge in [0.15, 0.2) is 5.96 Å². The number of rotatable bonds is 15. The zero-order valence-corrected chi connectivity index (χ0v) is 22.4. The molecule has 234 valence electrons. The summed E-state index contributed by atoms with van der Waals surface area (Å²) in [4.78, 5) is 63.5. The number of carboxylic acid groups (broad SMARTS) is 6. The summed E-state index contributed by atoms with van der Waals surface area (Å²) in [6.45, 7) is 4.31. The quantitative estimate of drug-likeness (QED) is 0.0518. The molecule has 0 aliphatic carbocycles. The molecule has 19 nitrogen and oxygen atoms in total.